The van der Waals surface area contributed by atoms with Crippen LogP contribution in [0.2, 0.25) is 0 Å². The topological polar surface area (TPSA) is 94.6 Å². The highest BCUT2D eigenvalue weighted by Crippen LogP contribution is 2.17. The molecule has 1 aromatic carbocycles. The van der Waals surface area contributed by atoms with Gasteiger partial charge in [0.1, 0.15) is 0 Å². The number of aromatic nitrogens is 1. The van der Waals surface area contributed by atoms with E-state index < -0.39 is 17.9 Å². The number of benzene rings is 1. The monoisotopic (exact) mass is 328 g/mol. The molecule has 1 aromatic heterocycles. The Labute approximate surface area is 140 Å². The molecule has 0 aliphatic heterocycles. The number of rotatable bonds is 5. The number of pyridine rings is 1. The van der Waals surface area contributed by atoms with Gasteiger partial charge in [0.15, 0.2) is 0 Å². The predicted octanol–water partition coefficient (Wildman–Crippen LogP) is 0.936. The maximum Gasteiger partial charge on any atom is 0.313 e. The lowest BCUT2D eigenvalue weighted by Gasteiger charge is -2.15. The molecule has 0 saturated carbocycles. The second-order valence-corrected chi connectivity index (χ2v) is 5.41. The minimum absolute atomic E-state index is 0.0550. The molecule has 126 valence electrons. The molecule has 0 radical (unpaired) electrons. The third kappa shape index (κ3) is 4.79. The van der Waals surface area contributed by atoms with Crippen molar-refractivity contribution in [2.75, 3.05) is 30.9 Å². The van der Waals surface area contributed by atoms with E-state index in [9.17, 15) is 14.7 Å². The molecule has 0 fully saturated rings. The molecule has 7 heteroatoms. The van der Waals surface area contributed by atoms with Crippen LogP contribution in [0.1, 0.15) is 11.7 Å². The van der Waals surface area contributed by atoms with Gasteiger partial charge in [-0.25, -0.2) is 0 Å². The standard InChI is InChI=1S/C17H20N4O3/c1-21(2)14-7-5-12(6-8-14)15(22)11-19-16(23)17(24)20-13-4-3-9-18-10-13/h3-10,15,22H,11H2,1-2H3,(H,19,23)(H,20,24). The number of carbonyl (C=O) groups is 2. The minimum atomic E-state index is -0.892. The van der Waals surface area contributed by atoms with Gasteiger partial charge in [0.25, 0.3) is 0 Å². The Balaban J connectivity index is 1.85. The highest BCUT2D eigenvalue weighted by Gasteiger charge is 2.16. The van der Waals surface area contributed by atoms with Gasteiger partial charge in [0, 0.05) is 32.5 Å². The molecule has 0 bridgehead atoms. The summed E-state index contributed by atoms with van der Waals surface area (Å²) < 4.78 is 0. The fourth-order valence-corrected chi connectivity index (χ4v) is 2.01. The molecule has 1 atom stereocenters. The summed E-state index contributed by atoms with van der Waals surface area (Å²) in [4.78, 5) is 29.3. The Kier molecular flexibility index (Phi) is 5.86. The van der Waals surface area contributed by atoms with Gasteiger partial charge >= 0.3 is 11.8 Å². The lowest BCUT2D eigenvalue weighted by molar-refractivity contribution is -0.136. The van der Waals surface area contributed by atoms with Crippen LogP contribution in [0.3, 0.4) is 0 Å². The highest BCUT2D eigenvalue weighted by molar-refractivity contribution is 6.39. The van der Waals surface area contributed by atoms with Crippen molar-refractivity contribution in [3.05, 3.63) is 54.4 Å². The van der Waals surface area contributed by atoms with Gasteiger partial charge < -0.3 is 20.6 Å². The van der Waals surface area contributed by atoms with Gasteiger partial charge in [0.05, 0.1) is 18.0 Å². The smallest absolute Gasteiger partial charge is 0.313 e. The normalized spacial score (nSPS) is 11.5. The van der Waals surface area contributed by atoms with Crippen molar-refractivity contribution in [3.63, 3.8) is 0 Å². The number of amides is 2. The third-order valence-corrected chi connectivity index (χ3v) is 3.38. The van der Waals surface area contributed by atoms with Gasteiger partial charge in [0.2, 0.25) is 0 Å². The van der Waals surface area contributed by atoms with E-state index in [1.807, 2.05) is 31.1 Å². The van der Waals surface area contributed by atoms with Gasteiger partial charge in [-0.3, -0.25) is 14.6 Å². The molecule has 2 amide bonds. The second-order valence-electron chi connectivity index (χ2n) is 5.41. The number of nitrogens with one attached hydrogen (secondary N) is 2. The number of carbonyl (C=O) groups excluding carboxylic acids is 2. The van der Waals surface area contributed by atoms with E-state index in [1.165, 1.54) is 6.20 Å². The first-order valence-corrected chi connectivity index (χ1v) is 7.42. The summed E-state index contributed by atoms with van der Waals surface area (Å²) in [6, 6.07) is 10.6. The lowest BCUT2D eigenvalue weighted by Crippen LogP contribution is -2.37. The first-order chi connectivity index (χ1) is 11.5. The van der Waals surface area contributed by atoms with E-state index in [2.05, 4.69) is 15.6 Å². The number of aliphatic hydroxyl groups is 1. The molecule has 0 spiro atoms. The molecule has 2 aromatic rings. The summed E-state index contributed by atoms with van der Waals surface area (Å²) in [6.07, 6.45) is 2.11. The summed E-state index contributed by atoms with van der Waals surface area (Å²) in [5.74, 6) is -1.62. The zero-order chi connectivity index (χ0) is 17.5. The van der Waals surface area contributed by atoms with Crippen LogP contribution in [0.25, 0.3) is 0 Å². The zero-order valence-electron chi connectivity index (χ0n) is 13.6. The van der Waals surface area contributed by atoms with Gasteiger partial charge in [-0.15, -0.1) is 0 Å². The van der Waals surface area contributed by atoms with E-state index in [0.29, 0.717) is 11.3 Å². The fourth-order valence-electron chi connectivity index (χ4n) is 2.01. The number of nitrogens with zero attached hydrogens (tertiary/aromatic N) is 2. The molecular formula is C17H20N4O3. The van der Waals surface area contributed by atoms with E-state index in [-0.39, 0.29) is 6.54 Å². The molecule has 0 saturated heterocycles. The van der Waals surface area contributed by atoms with Crippen LogP contribution < -0.4 is 15.5 Å². The molecule has 24 heavy (non-hydrogen) atoms. The van der Waals surface area contributed by atoms with Crippen LogP contribution in [0, 0.1) is 0 Å². The molecule has 1 unspecified atom stereocenters. The first kappa shape index (κ1) is 17.4. The van der Waals surface area contributed by atoms with Crippen molar-refractivity contribution in [2.45, 2.75) is 6.10 Å². The maximum absolute atomic E-state index is 11.8. The summed E-state index contributed by atoms with van der Waals surface area (Å²) >= 11 is 0. The van der Waals surface area contributed by atoms with Crippen LogP contribution in [0.15, 0.2) is 48.8 Å². The Morgan fingerprint density at radius 2 is 1.88 bits per heavy atom. The van der Waals surface area contributed by atoms with Gasteiger partial charge in [-0.05, 0) is 29.8 Å². The van der Waals surface area contributed by atoms with E-state index in [0.717, 1.165) is 5.69 Å². The van der Waals surface area contributed by atoms with Crippen molar-refractivity contribution >= 4 is 23.2 Å². The largest absolute Gasteiger partial charge is 0.387 e. The van der Waals surface area contributed by atoms with Crippen molar-refractivity contribution in [3.8, 4) is 0 Å². The minimum Gasteiger partial charge on any atom is -0.387 e. The Morgan fingerprint density at radius 1 is 1.17 bits per heavy atom. The number of hydrogen-bond donors (Lipinski definition) is 3. The van der Waals surface area contributed by atoms with Crippen molar-refractivity contribution in [1.29, 1.82) is 0 Å². The molecule has 3 N–H and O–H groups in total. The lowest BCUT2D eigenvalue weighted by atomic mass is 10.1. The summed E-state index contributed by atoms with van der Waals surface area (Å²) in [7, 11) is 3.85. The zero-order valence-corrected chi connectivity index (χ0v) is 13.6. The van der Waals surface area contributed by atoms with E-state index in [4.69, 9.17) is 0 Å². The van der Waals surface area contributed by atoms with Crippen molar-refractivity contribution in [2.24, 2.45) is 0 Å². The van der Waals surface area contributed by atoms with Gasteiger partial charge in [-0.2, -0.15) is 0 Å². The van der Waals surface area contributed by atoms with E-state index in [1.54, 1.807) is 30.5 Å². The Hall–Kier alpha value is -2.93. The average molecular weight is 328 g/mol. The molecule has 1 heterocycles. The van der Waals surface area contributed by atoms with Crippen LogP contribution in [-0.4, -0.2) is 42.5 Å². The van der Waals surface area contributed by atoms with Crippen molar-refractivity contribution < 1.29 is 14.7 Å². The molecule has 7 nitrogen and oxygen atoms in total. The highest BCUT2D eigenvalue weighted by atomic mass is 16.3. The predicted molar refractivity (Wildman–Crippen MR) is 91.6 cm³/mol. The first-order valence-electron chi connectivity index (χ1n) is 7.42. The summed E-state index contributed by atoms with van der Waals surface area (Å²) in [5, 5.41) is 14.9. The SMILES string of the molecule is CN(C)c1ccc(C(O)CNC(=O)C(=O)Nc2cccnc2)cc1. The Bertz CT molecular complexity index is 687. The number of aliphatic hydroxyl groups excluding tert-OH is 1. The summed E-state index contributed by atoms with van der Waals surface area (Å²) in [6.45, 7) is -0.0550. The quantitative estimate of drug-likeness (QED) is 0.710. The van der Waals surface area contributed by atoms with Gasteiger partial charge in [-0.1, -0.05) is 12.1 Å². The molecule has 0 aliphatic carbocycles. The third-order valence-electron chi connectivity index (χ3n) is 3.38. The Morgan fingerprint density at radius 3 is 2.46 bits per heavy atom. The molecule has 2 rings (SSSR count). The van der Waals surface area contributed by atoms with E-state index >= 15 is 0 Å². The van der Waals surface area contributed by atoms with Crippen molar-refractivity contribution in [1.82, 2.24) is 10.3 Å². The molecular weight excluding hydrogens is 308 g/mol. The van der Waals surface area contributed by atoms with Crippen LogP contribution in [-0.2, 0) is 9.59 Å². The maximum atomic E-state index is 11.8. The molecule has 0 aliphatic rings. The average Bonchev–Trinajstić information content (AvgIpc) is 2.60. The fraction of sp³-hybridized carbons (Fsp3) is 0.235. The number of hydrogen-bond acceptors (Lipinski definition) is 5. The summed E-state index contributed by atoms with van der Waals surface area (Å²) in [5.41, 5.74) is 2.09. The van der Waals surface area contributed by atoms with Crippen LogP contribution in [0.4, 0.5) is 11.4 Å². The second kappa shape index (κ2) is 8.07. The number of anilines is 2. The van der Waals surface area contributed by atoms with Crippen LogP contribution >= 0.6 is 0 Å². The van der Waals surface area contributed by atoms with Crippen LogP contribution in [0.5, 0.6) is 0 Å².